The van der Waals surface area contributed by atoms with Crippen LogP contribution < -0.4 is 5.32 Å². The second-order valence-corrected chi connectivity index (χ2v) is 5.19. The summed E-state index contributed by atoms with van der Waals surface area (Å²) >= 11 is 3.35. The van der Waals surface area contributed by atoms with Crippen molar-refractivity contribution in [2.75, 3.05) is 5.32 Å². The highest BCUT2D eigenvalue weighted by molar-refractivity contribution is 9.10. The van der Waals surface area contributed by atoms with Crippen molar-refractivity contribution in [1.82, 2.24) is 0 Å². The first-order valence-electron chi connectivity index (χ1n) is 5.92. The summed E-state index contributed by atoms with van der Waals surface area (Å²) in [4.78, 5) is 0. The predicted molar refractivity (Wildman–Crippen MR) is 77.3 cm³/mol. The molecule has 102 valence electrons. The number of hydrogen-bond donors (Lipinski definition) is 1. The summed E-state index contributed by atoms with van der Waals surface area (Å²) in [6.07, 6.45) is 0. The third kappa shape index (κ3) is 3.14. The number of nitriles is 1. The van der Waals surface area contributed by atoms with Gasteiger partial charge < -0.3 is 5.32 Å². The van der Waals surface area contributed by atoms with Crippen LogP contribution in [0.15, 0.2) is 40.9 Å². The molecule has 2 rings (SSSR count). The maximum Gasteiger partial charge on any atom is 0.131 e. The molecule has 0 aliphatic rings. The Morgan fingerprint density at radius 1 is 1.20 bits per heavy atom. The lowest BCUT2D eigenvalue weighted by Crippen LogP contribution is -2.09. The van der Waals surface area contributed by atoms with E-state index in [-0.39, 0.29) is 6.04 Å². The molecule has 0 saturated carbocycles. The summed E-state index contributed by atoms with van der Waals surface area (Å²) in [5.74, 6) is -1.19. The fraction of sp³-hybridized carbons (Fsp3) is 0.133. The molecule has 0 bridgehead atoms. The highest BCUT2D eigenvalue weighted by Gasteiger charge is 2.13. The number of anilines is 1. The molecular formula is C15H11BrF2N2. The minimum absolute atomic E-state index is 0.333. The van der Waals surface area contributed by atoms with Gasteiger partial charge in [0.05, 0.1) is 17.7 Å². The second kappa shape index (κ2) is 6.02. The van der Waals surface area contributed by atoms with E-state index in [1.165, 1.54) is 12.1 Å². The van der Waals surface area contributed by atoms with E-state index in [0.29, 0.717) is 15.6 Å². The van der Waals surface area contributed by atoms with Gasteiger partial charge in [0.1, 0.15) is 11.6 Å². The summed E-state index contributed by atoms with van der Waals surface area (Å²) in [5, 5.41) is 11.9. The molecule has 0 amide bonds. The Morgan fingerprint density at radius 2 is 1.95 bits per heavy atom. The Balaban J connectivity index is 2.23. The maximum atomic E-state index is 13.7. The third-order valence-electron chi connectivity index (χ3n) is 2.90. The molecule has 0 aliphatic carbocycles. The lowest BCUT2D eigenvalue weighted by molar-refractivity contribution is 0.566. The summed E-state index contributed by atoms with van der Waals surface area (Å²) in [6.45, 7) is 1.78. The van der Waals surface area contributed by atoms with Crippen molar-refractivity contribution in [1.29, 1.82) is 5.26 Å². The molecule has 2 aromatic carbocycles. The van der Waals surface area contributed by atoms with E-state index in [9.17, 15) is 8.78 Å². The summed E-state index contributed by atoms with van der Waals surface area (Å²) in [7, 11) is 0. The summed E-state index contributed by atoms with van der Waals surface area (Å²) < 4.78 is 27.3. The van der Waals surface area contributed by atoms with Crippen LogP contribution in [0.3, 0.4) is 0 Å². The van der Waals surface area contributed by atoms with Crippen molar-refractivity contribution >= 4 is 21.6 Å². The van der Waals surface area contributed by atoms with E-state index >= 15 is 0 Å². The first-order chi connectivity index (χ1) is 9.51. The standard InChI is InChI=1S/C15H11BrF2N2/c1-9(12-4-3-11(17)7-14(12)18)20-15-5-2-10(8-19)6-13(15)16/h2-7,9,20H,1H3. The molecule has 1 atom stereocenters. The van der Waals surface area contributed by atoms with Crippen LogP contribution >= 0.6 is 15.9 Å². The molecule has 2 aromatic rings. The van der Waals surface area contributed by atoms with Crippen LogP contribution in [0.2, 0.25) is 0 Å². The van der Waals surface area contributed by atoms with Crippen molar-refractivity contribution < 1.29 is 8.78 Å². The number of rotatable bonds is 3. The van der Waals surface area contributed by atoms with Crippen LogP contribution in [0.4, 0.5) is 14.5 Å². The van der Waals surface area contributed by atoms with Gasteiger partial charge in [0.25, 0.3) is 0 Å². The monoisotopic (exact) mass is 336 g/mol. The first kappa shape index (κ1) is 14.5. The molecule has 0 fully saturated rings. The Bertz CT molecular complexity index is 680. The molecule has 0 radical (unpaired) electrons. The van der Waals surface area contributed by atoms with E-state index in [0.717, 1.165) is 11.8 Å². The van der Waals surface area contributed by atoms with Crippen molar-refractivity contribution in [3.05, 3.63) is 63.6 Å². The van der Waals surface area contributed by atoms with E-state index in [1.807, 2.05) is 6.07 Å². The molecule has 1 N–H and O–H groups in total. The average molecular weight is 337 g/mol. The normalized spacial score (nSPS) is 11.8. The lowest BCUT2D eigenvalue weighted by atomic mass is 10.1. The number of hydrogen-bond acceptors (Lipinski definition) is 2. The summed E-state index contributed by atoms with van der Waals surface area (Å²) in [6, 6.07) is 10.3. The molecule has 2 nitrogen and oxygen atoms in total. The molecule has 20 heavy (non-hydrogen) atoms. The molecule has 0 aromatic heterocycles. The van der Waals surface area contributed by atoms with Crippen LogP contribution in [0.25, 0.3) is 0 Å². The number of benzene rings is 2. The third-order valence-corrected chi connectivity index (χ3v) is 3.56. The highest BCUT2D eigenvalue weighted by atomic mass is 79.9. The van der Waals surface area contributed by atoms with Crippen molar-refractivity contribution in [2.24, 2.45) is 0 Å². The van der Waals surface area contributed by atoms with Gasteiger partial charge in [0, 0.05) is 21.8 Å². The zero-order valence-corrected chi connectivity index (χ0v) is 12.2. The zero-order valence-electron chi connectivity index (χ0n) is 10.6. The second-order valence-electron chi connectivity index (χ2n) is 4.34. The van der Waals surface area contributed by atoms with Crippen LogP contribution in [-0.2, 0) is 0 Å². The van der Waals surface area contributed by atoms with Gasteiger partial charge in [0.2, 0.25) is 0 Å². The van der Waals surface area contributed by atoms with Gasteiger partial charge in [0.15, 0.2) is 0 Å². The largest absolute Gasteiger partial charge is 0.377 e. The van der Waals surface area contributed by atoms with Crippen molar-refractivity contribution in [3.8, 4) is 6.07 Å². The van der Waals surface area contributed by atoms with Gasteiger partial charge in [-0.15, -0.1) is 0 Å². The molecule has 0 spiro atoms. The number of halogens is 3. The summed E-state index contributed by atoms with van der Waals surface area (Å²) in [5.41, 5.74) is 1.64. The highest BCUT2D eigenvalue weighted by Crippen LogP contribution is 2.28. The molecule has 5 heteroatoms. The Labute approximate surface area is 124 Å². The predicted octanol–water partition coefficient (Wildman–Crippen LogP) is 4.77. The SMILES string of the molecule is CC(Nc1ccc(C#N)cc1Br)c1ccc(F)cc1F. The van der Waals surface area contributed by atoms with E-state index in [4.69, 9.17) is 5.26 Å². The molecule has 1 unspecified atom stereocenters. The first-order valence-corrected chi connectivity index (χ1v) is 6.71. The average Bonchev–Trinajstić information content (AvgIpc) is 2.40. The van der Waals surface area contributed by atoms with Crippen LogP contribution in [-0.4, -0.2) is 0 Å². The quantitative estimate of drug-likeness (QED) is 0.876. The van der Waals surface area contributed by atoms with E-state index < -0.39 is 11.6 Å². The Kier molecular flexibility index (Phi) is 4.35. The van der Waals surface area contributed by atoms with Crippen LogP contribution in [0.1, 0.15) is 24.1 Å². The molecule has 0 heterocycles. The van der Waals surface area contributed by atoms with E-state index in [1.54, 1.807) is 25.1 Å². The van der Waals surface area contributed by atoms with Gasteiger partial charge in [-0.2, -0.15) is 5.26 Å². The van der Waals surface area contributed by atoms with Gasteiger partial charge >= 0.3 is 0 Å². The molecule has 0 aliphatic heterocycles. The van der Waals surface area contributed by atoms with Crippen molar-refractivity contribution in [2.45, 2.75) is 13.0 Å². The zero-order chi connectivity index (χ0) is 14.7. The number of nitrogens with zero attached hydrogens (tertiary/aromatic N) is 1. The number of nitrogens with one attached hydrogen (secondary N) is 1. The maximum absolute atomic E-state index is 13.7. The van der Waals surface area contributed by atoms with Gasteiger partial charge in [-0.3, -0.25) is 0 Å². The topological polar surface area (TPSA) is 35.8 Å². The van der Waals surface area contributed by atoms with Gasteiger partial charge in [-0.25, -0.2) is 8.78 Å². The fourth-order valence-electron chi connectivity index (χ4n) is 1.87. The Morgan fingerprint density at radius 3 is 2.55 bits per heavy atom. The fourth-order valence-corrected chi connectivity index (χ4v) is 2.36. The van der Waals surface area contributed by atoms with Gasteiger partial charge in [-0.05, 0) is 47.1 Å². The minimum Gasteiger partial charge on any atom is -0.377 e. The molecular weight excluding hydrogens is 326 g/mol. The molecule has 0 saturated heterocycles. The van der Waals surface area contributed by atoms with Crippen LogP contribution in [0.5, 0.6) is 0 Å². The Hall–Kier alpha value is -1.93. The van der Waals surface area contributed by atoms with Crippen LogP contribution in [0, 0.1) is 23.0 Å². The minimum atomic E-state index is -0.599. The van der Waals surface area contributed by atoms with E-state index in [2.05, 4.69) is 21.2 Å². The smallest absolute Gasteiger partial charge is 0.131 e. The van der Waals surface area contributed by atoms with Crippen molar-refractivity contribution in [3.63, 3.8) is 0 Å². The lowest BCUT2D eigenvalue weighted by Gasteiger charge is -2.17. The van der Waals surface area contributed by atoms with Gasteiger partial charge in [-0.1, -0.05) is 6.07 Å².